The van der Waals surface area contributed by atoms with Crippen LogP contribution in [0.5, 0.6) is 0 Å². The minimum atomic E-state index is 0.0861. The summed E-state index contributed by atoms with van der Waals surface area (Å²) in [6, 6.07) is 7.80. The molecule has 5 nitrogen and oxygen atoms in total. The topological polar surface area (TPSA) is 50.5 Å². The number of carbonyl (C=O) groups is 1. The van der Waals surface area contributed by atoms with Gasteiger partial charge in [-0.2, -0.15) is 0 Å². The Morgan fingerprint density at radius 2 is 2.13 bits per heavy atom. The molecule has 23 heavy (non-hydrogen) atoms. The number of Topliss-reactive ketones (excluding diaryl/α,β-unsaturated/α-hetero) is 1. The summed E-state index contributed by atoms with van der Waals surface area (Å²) < 4.78 is 1.85. The number of thiophene rings is 1. The third kappa shape index (κ3) is 3.12. The Labute approximate surface area is 139 Å². The van der Waals surface area contributed by atoms with Crippen LogP contribution < -0.4 is 4.90 Å². The lowest BCUT2D eigenvalue weighted by molar-refractivity contribution is 0.102. The molecule has 3 aromatic heterocycles. The van der Waals surface area contributed by atoms with Gasteiger partial charge in [-0.1, -0.05) is 13.3 Å². The molecule has 6 heteroatoms. The van der Waals surface area contributed by atoms with Crippen LogP contribution in [0.25, 0.3) is 16.2 Å². The lowest BCUT2D eigenvalue weighted by Crippen LogP contribution is -2.20. The number of unbranched alkanes of at least 4 members (excludes halogenated alkanes) is 1. The van der Waals surface area contributed by atoms with E-state index in [0.29, 0.717) is 0 Å². The van der Waals surface area contributed by atoms with E-state index in [1.807, 2.05) is 35.0 Å². The number of hydrogen-bond donors (Lipinski definition) is 0. The van der Waals surface area contributed by atoms with Gasteiger partial charge in [-0.3, -0.25) is 4.79 Å². The van der Waals surface area contributed by atoms with Gasteiger partial charge in [0.2, 0.25) is 0 Å². The minimum absolute atomic E-state index is 0.0861. The second-order valence-electron chi connectivity index (χ2n) is 5.60. The zero-order chi connectivity index (χ0) is 16.4. The molecule has 0 fully saturated rings. The first kappa shape index (κ1) is 15.7. The second kappa shape index (κ2) is 6.50. The van der Waals surface area contributed by atoms with Crippen LogP contribution in [0.4, 0.5) is 5.82 Å². The van der Waals surface area contributed by atoms with Crippen LogP contribution in [-0.4, -0.2) is 34.0 Å². The van der Waals surface area contributed by atoms with Crippen LogP contribution in [0.1, 0.15) is 36.4 Å². The van der Waals surface area contributed by atoms with Crippen LogP contribution in [0, 0.1) is 0 Å². The van der Waals surface area contributed by atoms with Crippen molar-refractivity contribution in [1.29, 1.82) is 0 Å². The quantitative estimate of drug-likeness (QED) is 0.644. The third-order valence-electron chi connectivity index (χ3n) is 3.79. The van der Waals surface area contributed by atoms with Gasteiger partial charge in [0, 0.05) is 13.6 Å². The Balaban J connectivity index is 1.99. The molecule has 0 N–H and O–H groups in total. The van der Waals surface area contributed by atoms with E-state index < -0.39 is 0 Å². The second-order valence-corrected chi connectivity index (χ2v) is 6.68. The van der Waals surface area contributed by atoms with Crippen molar-refractivity contribution in [3.05, 3.63) is 35.3 Å². The zero-order valence-corrected chi connectivity index (χ0v) is 14.4. The first-order valence-corrected chi connectivity index (χ1v) is 8.59. The molecule has 120 valence electrons. The van der Waals surface area contributed by atoms with Crippen molar-refractivity contribution in [1.82, 2.24) is 14.6 Å². The Kier molecular flexibility index (Phi) is 4.43. The van der Waals surface area contributed by atoms with Crippen molar-refractivity contribution in [2.24, 2.45) is 0 Å². The molecule has 0 aliphatic rings. The van der Waals surface area contributed by atoms with E-state index in [9.17, 15) is 4.79 Å². The smallest absolute Gasteiger partial charge is 0.169 e. The van der Waals surface area contributed by atoms with Crippen LogP contribution in [0.15, 0.2) is 30.5 Å². The van der Waals surface area contributed by atoms with Crippen molar-refractivity contribution >= 4 is 28.6 Å². The highest BCUT2D eigenvalue weighted by atomic mass is 32.1. The van der Waals surface area contributed by atoms with Gasteiger partial charge in [0.25, 0.3) is 0 Å². The summed E-state index contributed by atoms with van der Waals surface area (Å²) in [5.41, 5.74) is 1.73. The predicted octanol–water partition coefficient (Wildman–Crippen LogP) is 3.90. The van der Waals surface area contributed by atoms with Gasteiger partial charge in [-0.25, -0.2) is 9.50 Å². The molecular weight excluding hydrogens is 308 g/mol. The number of hydrogen-bond acceptors (Lipinski definition) is 5. The number of fused-ring (bicyclic) bond motifs is 1. The molecule has 0 atom stereocenters. The van der Waals surface area contributed by atoms with Crippen molar-refractivity contribution < 1.29 is 4.79 Å². The van der Waals surface area contributed by atoms with Gasteiger partial charge < -0.3 is 4.90 Å². The van der Waals surface area contributed by atoms with Crippen LogP contribution in [-0.2, 0) is 0 Å². The predicted molar refractivity (Wildman–Crippen MR) is 94.5 cm³/mol. The van der Waals surface area contributed by atoms with E-state index >= 15 is 0 Å². The number of ketones is 1. The minimum Gasteiger partial charge on any atom is -0.358 e. The summed E-state index contributed by atoms with van der Waals surface area (Å²) in [5.74, 6) is 1.01. The highest BCUT2D eigenvalue weighted by Crippen LogP contribution is 2.29. The number of aromatic nitrogens is 3. The van der Waals surface area contributed by atoms with Crippen molar-refractivity contribution in [3.8, 4) is 10.6 Å². The van der Waals surface area contributed by atoms with Gasteiger partial charge in [-0.05, 0) is 37.6 Å². The number of rotatable bonds is 6. The third-order valence-corrected chi connectivity index (χ3v) is 5.00. The van der Waals surface area contributed by atoms with Crippen LogP contribution >= 0.6 is 11.3 Å². The van der Waals surface area contributed by atoms with Crippen LogP contribution in [0.3, 0.4) is 0 Å². The lowest BCUT2D eigenvalue weighted by atomic mass is 10.3. The van der Waals surface area contributed by atoms with Crippen molar-refractivity contribution in [2.75, 3.05) is 18.5 Å². The fourth-order valence-corrected chi connectivity index (χ4v) is 3.31. The highest BCUT2D eigenvalue weighted by molar-refractivity contribution is 7.17. The molecule has 0 saturated heterocycles. The highest BCUT2D eigenvalue weighted by Gasteiger charge is 2.13. The first-order valence-electron chi connectivity index (χ1n) is 7.77. The Hall–Kier alpha value is -2.21. The molecular formula is C17H20N4OS. The summed E-state index contributed by atoms with van der Waals surface area (Å²) in [6.07, 6.45) is 4.11. The molecule has 0 radical (unpaired) electrons. The van der Waals surface area contributed by atoms with E-state index in [-0.39, 0.29) is 5.78 Å². The molecule has 0 aliphatic carbocycles. The summed E-state index contributed by atoms with van der Waals surface area (Å²) in [4.78, 5) is 19.8. The monoisotopic (exact) mass is 328 g/mol. The van der Waals surface area contributed by atoms with E-state index in [0.717, 1.165) is 46.3 Å². The molecule has 0 spiro atoms. The van der Waals surface area contributed by atoms with Gasteiger partial charge in [0.15, 0.2) is 11.4 Å². The van der Waals surface area contributed by atoms with Gasteiger partial charge in [-0.15, -0.1) is 16.4 Å². The van der Waals surface area contributed by atoms with E-state index in [1.165, 1.54) is 11.3 Å². The molecule has 0 amide bonds. The van der Waals surface area contributed by atoms with Crippen LogP contribution in [0.2, 0.25) is 0 Å². The molecule has 0 bridgehead atoms. The van der Waals surface area contributed by atoms with E-state index in [2.05, 4.69) is 23.9 Å². The Morgan fingerprint density at radius 3 is 2.83 bits per heavy atom. The molecule has 3 aromatic rings. The number of imidazole rings is 1. The summed E-state index contributed by atoms with van der Waals surface area (Å²) in [5, 5.41) is 4.72. The van der Waals surface area contributed by atoms with Gasteiger partial charge in [0.1, 0.15) is 11.5 Å². The number of anilines is 1. The largest absolute Gasteiger partial charge is 0.358 e. The molecule has 0 aromatic carbocycles. The standard InChI is InChI=1S/C17H20N4OS/c1-4-5-10-20(3)17-9-8-16-18-11-13(21(16)19-17)15-7-6-14(23-15)12(2)22/h6-9,11H,4-5,10H2,1-3H3. The first-order chi connectivity index (χ1) is 11.1. The molecule has 0 saturated carbocycles. The average molecular weight is 328 g/mol. The molecule has 0 unspecified atom stereocenters. The normalized spacial score (nSPS) is 11.1. The van der Waals surface area contributed by atoms with E-state index in [1.54, 1.807) is 6.92 Å². The Bertz CT molecular complexity index is 836. The van der Waals surface area contributed by atoms with Gasteiger partial charge in [0.05, 0.1) is 16.0 Å². The summed E-state index contributed by atoms with van der Waals surface area (Å²) >= 11 is 1.48. The fraction of sp³-hybridized carbons (Fsp3) is 0.353. The zero-order valence-electron chi connectivity index (χ0n) is 13.6. The maximum absolute atomic E-state index is 11.5. The Morgan fingerprint density at radius 1 is 1.30 bits per heavy atom. The van der Waals surface area contributed by atoms with Crippen molar-refractivity contribution in [2.45, 2.75) is 26.7 Å². The average Bonchev–Trinajstić information content (AvgIpc) is 3.18. The molecule has 3 heterocycles. The number of carbonyl (C=O) groups excluding carboxylic acids is 1. The SMILES string of the molecule is CCCCN(C)c1ccc2ncc(-c3ccc(C(C)=O)s3)n2n1. The maximum atomic E-state index is 11.5. The molecule has 3 rings (SSSR count). The number of nitrogens with zero attached hydrogens (tertiary/aromatic N) is 4. The molecule has 0 aliphatic heterocycles. The van der Waals surface area contributed by atoms with Crippen molar-refractivity contribution in [3.63, 3.8) is 0 Å². The maximum Gasteiger partial charge on any atom is 0.169 e. The fourth-order valence-electron chi connectivity index (χ4n) is 2.41. The summed E-state index contributed by atoms with van der Waals surface area (Å²) in [7, 11) is 2.05. The van der Waals surface area contributed by atoms with E-state index in [4.69, 9.17) is 5.10 Å². The summed E-state index contributed by atoms with van der Waals surface area (Å²) in [6.45, 7) is 4.75. The lowest BCUT2D eigenvalue weighted by Gasteiger charge is -2.17. The van der Waals surface area contributed by atoms with Gasteiger partial charge >= 0.3 is 0 Å².